The normalized spacial score (nSPS) is 17.7. The fraction of sp³-hybridized carbons (Fsp3) is 0.389. The predicted molar refractivity (Wildman–Crippen MR) is 107 cm³/mol. The molecule has 5 nitrogen and oxygen atoms in total. The van der Waals surface area contributed by atoms with Crippen LogP contribution in [0, 0.1) is 6.92 Å². The van der Waals surface area contributed by atoms with Crippen LogP contribution in [0.15, 0.2) is 36.8 Å². The Bertz CT molecular complexity index is 725. The van der Waals surface area contributed by atoms with E-state index in [0.717, 1.165) is 54.4 Å². The lowest BCUT2D eigenvalue weighted by Crippen LogP contribution is -2.38. The first-order valence-electron chi connectivity index (χ1n) is 8.46. The topological polar surface area (TPSA) is 53.1 Å². The van der Waals surface area contributed by atoms with Crippen molar-refractivity contribution in [1.29, 1.82) is 0 Å². The van der Waals surface area contributed by atoms with Gasteiger partial charge in [-0.15, -0.1) is 0 Å². The Morgan fingerprint density at radius 3 is 2.96 bits per heavy atom. The maximum Gasteiger partial charge on any atom is 0.171 e. The summed E-state index contributed by atoms with van der Waals surface area (Å²) in [6.45, 7) is 3.86. The Balaban J connectivity index is 1.55. The zero-order valence-electron chi connectivity index (χ0n) is 14.2. The minimum absolute atomic E-state index is 0.339. The van der Waals surface area contributed by atoms with E-state index in [-0.39, 0.29) is 0 Å². The van der Waals surface area contributed by atoms with Crippen LogP contribution in [0.5, 0.6) is 0 Å². The number of halogens is 1. The highest BCUT2D eigenvalue weighted by Crippen LogP contribution is 2.26. The van der Waals surface area contributed by atoms with Gasteiger partial charge in [-0.3, -0.25) is 4.98 Å². The third kappa shape index (κ3) is 5.03. The maximum absolute atomic E-state index is 6.37. The lowest BCUT2D eigenvalue weighted by atomic mass is 10.1. The first-order valence-corrected chi connectivity index (χ1v) is 9.25. The number of rotatable bonds is 3. The van der Waals surface area contributed by atoms with Crippen LogP contribution >= 0.6 is 23.8 Å². The van der Waals surface area contributed by atoms with Crippen LogP contribution in [0.4, 0.5) is 11.5 Å². The molecule has 7 heteroatoms. The van der Waals surface area contributed by atoms with E-state index in [2.05, 4.69) is 25.5 Å². The summed E-state index contributed by atoms with van der Waals surface area (Å²) in [4.78, 5) is 10.9. The van der Waals surface area contributed by atoms with Crippen LogP contribution in [-0.2, 0) is 0 Å². The minimum atomic E-state index is 0.339. The molecule has 0 aromatic carbocycles. The van der Waals surface area contributed by atoms with E-state index in [1.807, 2.05) is 31.3 Å². The quantitative estimate of drug-likeness (QED) is 0.796. The number of hydrogen-bond acceptors (Lipinski definition) is 4. The number of nitrogens with zero attached hydrogens (tertiary/aromatic N) is 3. The highest BCUT2D eigenvalue weighted by atomic mass is 35.5. The van der Waals surface area contributed by atoms with E-state index in [4.69, 9.17) is 23.8 Å². The molecule has 1 aliphatic rings. The van der Waals surface area contributed by atoms with Crippen molar-refractivity contribution in [2.45, 2.75) is 32.2 Å². The molecule has 3 rings (SSSR count). The van der Waals surface area contributed by atoms with Gasteiger partial charge in [0.25, 0.3) is 0 Å². The summed E-state index contributed by atoms with van der Waals surface area (Å²) >= 11 is 11.8. The molecule has 25 heavy (non-hydrogen) atoms. The molecule has 0 saturated carbocycles. The summed E-state index contributed by atoms with van der Waals surface area (Å²) in [7, 11) is 0. The van der Waals surface area contributed by atoms with Crippen molar-refractivity contribution < 1.29 is 0 Å². The Hall–Kier alpha value is -1.92. The maximum atomic E-state index is 6.37. The minimum Gasteiger partial charge on any atom is -0.360 e. The van der Waals surface area contributed by atoms with Crippen molar-refractivity contribution in [2.75, 3.05) is 23.3 Å². The SMILES string of the molecule is Cc1cnc(N2CCCC(NC(=S)Nc3cccnc3)CC2)c(Cl)c1. The smallest absolute Gasteiger partial charge is 0.171 e. The molecular formula is C18H22ClN5S. The molecule has 0 bridgehead atoms. The van der Waals surface area contributed by atoms with Gasteiger partial charge in [0.05, 0.1) is 16.9 Å². The van der Waals surface area contributed by atoms with E-state index >= 15 is 0 Å². The Morgan fingerprint density at radius 1 is 1.32 bits per heavy atom. The summed E-state index contributed by atoms with van der Waals surface area (Å²) in [5.41, 5.74) is 1.97. The molecule has 0 amide bonds. The average Bonchev–Trinajstić information content (AvgIpc) is 2.81. The molecule has 1 saturated heterocycles. The van der Waals surface area contributed by atoms with Gasteiger partial charge in [0.2, 0.25) is 0 Å². The summed E-state index contributed by atoms with van der Waals surface area (Å²) in [5, 5.41) is 7.95. The van der Waals surface area contributed by atoms with Gasteiger partial charge in [0, 0.05) is 31.5 Å². The summed E-state index contributed by atoms with van der Waals surface area (Å²) in [6.07, 6.45) is 8.49. The second kappa shape index (κ2) is 8.45. The lowest BCUT2D eigenvalue weighted by Gasteiger charge is -2.23. The van der Waals surface area contributed by atoms with Gasteiger partial charge in [-0.25, -0.2) is 4.98 Å². The van der Waals surface area contributed by atoms with Gasteiger partial charge in [-0.2, -0.15) is 0 Å². The standard InChI is InChI=1S/C18H22ClN5S/c1-13-10-16(19)17(21-11-13)24-8-3-5-14(6-9-24)22-18(25)23-15-4-2-7-20-12-15/h2,4,7,10-12,14H,3,5-6,8-9H2,1H3,(H2,22,23,25). The molecule has 0 radical (unpaired) electrons. The van der Waals surface area contributed by atoms with Gasteiger partial charge >= 0.3 is 0 Å². The van der Waals surface area contributed by atoms with Gasteiger partial charge in [-0.05, 0) is 62.2 Å². The first-order chi connectivity index (χ1) is 12.1. The molecule has 0 spiro atoms. The molecule has 1 atom stereocenters. The molecule has 0 aliphatic carbocycles. The third-order valence-corrected chi connectivity index (χ3v) is 4.74. The molecule has 1 fully saturated rings. The predicted octanol–water partition coefficient (Wildman–Crippen LogP) is 3.78. The number of aryl methyl sites for hydroxylation is 1. The lowest BCUT2D eigenvalue weighted by molar-refractivity contribution is 0.550. The zero-order valence-corrected chi connectivity index (χ0v) is 15.8. The van der Waals surface area contributed by atoms with E-state index in [1.165, 1.54) is 0 Å². The van der Waals surface area contributed by atoms with Gasteiger partial charge in [0.1, 0.15) is 5.82 Å². The summed E-state index contributed by atoms with van der Waals surface area (Å²) < 4.78 is 0. The van der Waals surface area contributed by atoms with Crippen LogP contribution in [-0.4, -0.2) is 34.2 Å². The van der Waals surface area contributed by atoms with Crippen LogP contribution < -0.4 is 15.5 Å². The molecule has 2 N–H and O–H groups in total. The number of pyridine rings is 2. The van der Waals surface area contributed by atoms with Crippen molar-refractivity contribution in [3.63, 3.8) is 0 Å². The molecule has 2 aromatic rings. The second-order valence-electron chi connectivity index (χ2n) is 6.27. The molecular weight excluding hydrogens is 354 g/mol. The van der Waals surface area contributed by atoms with Crippen LogP contribution in [0.25, 0.3) is 0 Å². The molecule has 2 aromatic heterocycles. The second-order valence-corrected chi connectivity index (χ2v) is 7.09. The molecule has 1 aliphatic heterocycles. The number of aromatic nitrogens is 2. The van der Waals surface area contributed by atoms with E-state index in [9.17, 15) is 0 Å². The van der Waals surface area contributed by atoms with Crippen LogP contribution in [0.3, 0.4) is 0 Å². The Morgan fingerprint density at radius 2 is 2.20 bits per heavy atom. The highest BCUT2D eigenvalue weighted by molar-refractivity contribution is 7.80. The van der Waals surface area contributed by atoms with E-state index in [0.29, 0.717) is 11.2 Å². The number of anilines is 2. The number of hydrogen-bond donors (Lipinski definition) is 2. The summed E-state index contributed by atoms with van der Waals surface area (Å²) in [5.74, 6) is 0.879. The van der Waals surface area contributed by atoms with E-state index in [1.54, 1.807) is 12.4 Å². The van der Waals surface area contributed by atoms with Crippen molar-refractivity contribution in [3.05, 3.63) is 47.4 Å². The average molecular weight is 376 g/mol. The van der Waals surface area contributed by atoms with Gasteiger partial charge < -0.3 is 15.5 Å². The van der Waals surface area contributed by atoms with Gasteiger partial charge in [-0.1, -0.05) is 11.6 Å². The number of nitrogens with one attached hydrogen (secondary N) is 2. The molecule has 1 unspecified atom stereocenters. The van der Waals surface area contributed by atoms with Crippen LogP contribution in [0.2, 0.25) is 5.02 Å². The fourth-order valence-electron chi connectivity index (χ4n) is 3.00. The Labute approximate surface area is 158 Å². The fourth-order valence-corrected chi connectivity index (χ4v) is 3.63. The highest BCUT2D eigenvalue weighted by Gasteiger charge is 2.20. The molecule has 132 valence electrons. The van der Waals surface area contributed by atoms with E-state index < -0.39 is 0 Å². The largest absolute Gasteiger partial charge is 0.360 e. The van der Waals surface area contributed by atoms with Crippen molar-refractivity contribution in [1.82, 2.24) is 15.3 Å². The third-order valence-electron chi connectivity index (χ3n) is 4.24. The van der Waals surface area contributed by atoms with Crippen molar-refractivity contribution in [2.24, 2.45) is 0 Å². The monoisotopic (exact) mass is 375 g/mol. The number of thiocarbonyl (C=S) groups is 1. The Kier molecular flexibility index (Phi) is 6.04. The van der Waals surface area contributed by atoms with Gasteiger partial charge in [0.15, 0.2) is 5.11 Å². The zero-order chi connectivity index (χ0) is 17.6. The first kappa shape index (κ1) is 17.9. The van der Waals surface area contributed by atoms with Crippen molar-refractivity contribution >= 4 is 40.4 Å². The molecule has 3 heterocycles. The summed E-state index contributed by atoms with van der Waals surface area (Å²) in [6, 6.07) is 6.14. The van der Waals surface area contributed by atoms with Crippen molar-refractivity contribution in [3.8, 4) is 0 Å². The van der Waals surface area contributed by atoms with Crippen LogP contribution in [0.1, 0.15) is 24.8 Å².